The molecule has 1 aromatic heterocycles. The molecule has 2 atom stereocenters. The van der Waals surface area contributed by atoms with Gasteiger partial charge in [0.05, 0.1) is 24.7 Å². The molecule has 9 heteroatoms. The minimum Gasteiger partial charge on any atom is -0.394 e. The van der Waals surface area contributed by atoms with Crippen molar-refractivity contribution in [2.45, 2.75) is 19.3 Å². The zero-order chi connectivity index (χ0) is 14.5. The quantitative estimate of drug-likeness (QED) is 0.298. The van der Waals surface area contributed by atoms with Crippen molar-refractivity contribution in [1.29, 1.82) is 0 Å². The fourth-order valence-corrected chi connectivity index (χ4v) is 1.96. The summed E-state index contributed by atoms with van der Waals surface area (Å²) in [6, 6.07) is 0. The molecule has 0 saturated carbocycles. The van der Waals surface area contributed by atoms with Gasteiger partial charge in [0.2, 0.25) is 12.4 Å². The van der Waals surface area contributed by atoms with Crippen LogP contribution in [0.4, 0.5) is 5.82 Å². The molecule has 20 heavy (non-hydrogen) atoms. The first-order valence-electron chi connectivity index (χ1n) is 6.20. The highest BCUT2D eigenvalue weighted by Gasteiger charge is 2.25. The van der Waals surface area contributed by atoms with Gasteiger partial charge in [0.25, 0.3) is 0 Å². The van der Waals surface area contributed by atoms with E-state index in [0.29, 0.717) is 31.0 Å². The number of morpholine rings is 1. The lowest BCUT2D eigenvalue weighted by atomic mass is 10.3. The van der Waals surface area contributed by atoms with Crippen LogP contribution >= 0.6 is 0 Å². The van der Waals surface area contributed by atoms with Crippen LogP contribution in [-0.2, 0) is 9.53 Å². The number of aromatic nitrogens is 2. The molecule has 0 aliphatic carbocycles. The second kappa shape index (κ2) is 6.46. The highest BCUT2D eigenvalue weighted by Crippen LogP contribution is 2.24. The molecule has 1 saturated heterocycles. The first kappa shape index (κ1) is 14.4. The molecule has 2 rings (SSSR count). The van der Waals surface area contributed by atoms with E-state index in [4.69, 9.17) is 15.6 Å². The van der Waals surface area contributed by atoms with E-state index in [0.717, 1.165) is 0 Å². The highest BCUT2D eigenvalue weighted by atomic mass is 16.5. The summed E-state index contributed by atoms with van der Waals surface area (Å²) in [5.41, 5.74) is 6.23. The third-order valence-electron chi connectivity index (χ3n) is 2.93. The molecule has 0 spiro atoms. The number of nitrogens with two attached hydrogens (primary N) is 1. The molecule has 1 unspecified atom stereocenters. The summed E-state index contributed by atoms with van der Waals surface area (Å²) in [6.45, 7) is 2.87. The molecule has 0 aromatic carbocycles. The monoisotopic (exact) mass is 282 g/mol. The number of carbonyl (C=O) groups is 1. The Morgan fingerprint density at radius 2 is 2.60 bits per heavy atom. The fourth-order valence-electron chi connectivity index (χ4n) is 1.96. The second-order valence-electron chi connectivity index (χ2n) is 4.37. The summed E-state index contributed by atoms with van der Waals surface area (Å²) in [5, 5.41) is 14.6. The van der Waals surface area contributed by atoms with Crippen molar-refractivity contribution < 1.29 is 14.6 Å². The van der Waals surface area contributed by atoms with E-state index < -0.39 is 0 Å². The van der Waals surface area contributed by atoms with Crippen LogP contribution in [0.1, 0.15) is 11.9 Å². The summed E-state index contributed by atoms with van der Waals surface area (Å²) in [7, 11) is 0. The van der Waals surface area contributed by atoms with Crippen LogP contribution in [0.3, 0.4) is 0 Å². The molecule has 9 nitrogen and oxygen atoms in total. The molecule has 1 amide bonds. The fraction of sp³-hybridized carbons (Fsp3) is 0.545. The summed E-state index contributed by atoms with van der Waals surface area (Å²) in [4.78, 5) is 18.6. The molecule has 1 aliphatic heterocycles. The van der Waals surface area contributed by atoms with Crippen LogP contribution in [0.15, 0.2) is 11.3 Å². The number of carbonyl (C=O) groups excluding carboxylic acids is 1. The molecule has 110 valence electrons. The van der Waals surface area contributed by atoms with Gasteiger partial charge >= 0.3 is 0 Å². The van der Waals surface area contributed by atoms with Crippen LogP contribution in [0.25, 0.3) is 0 Å². The van der Waals surface area contributed by atoms with Crippen molar-refractivity contribution in [3.05, 3.63) is 12.0 Å². The van der Waals surface area contributed by atoms with Gasteiger partial charge in [-0.25, -0.2) is 4.98 Å². The van der Waals surface area contributed by atoms with Crippen LogP contribution in [0.5, 0.6) is 0 Å². The largest absolute Gasteiger partial charge is 0.394 e. The number of imidazole rings is 1. The Balaban J connectivity index is 2.24. The number of aryl methyl sites for hydroxylation is 1. The van der Waals surface area contributed by atoms with Gasteiger partial charge in [0.1, 0.15) is 6.23 Å². The van der Waals surface area contributed by atoms with Gasteiger partial charge in [-0.05, 0) is 6.92 Å². The number of nitrogens with one attached hydrogen (secondary N) is 2. The Morgan fingerprint density at radius 3 is 3.30 bits per heavy atom. The summed E-state index contributed by atoms with van der Waals surface area (Å²) in [5.74, 6) is 0.481. The number of ether oxygens (including phenoxy) is 1. The van der Waals surface area contributed by atoms with E-state index in [9.17, 15) is 4.79 Å². The first-order chi connectivity index (χ1) is 9.65. The molecule has 5 N–H and O–H groups in total. The van der Waals surface area contributed by atoms with E-state index >= 15 is 0 Å². The smallest absolute Gasteiger partial charge is 0.213 e. The average Bonchev–Trinajstić information content (AvgIpc) is 2.81. The third-order valence-corrected chi connectivity index (χ3v) is 2.93. The second-order valence-corrected chi connectivity index (χ2v) is 4.37. The van der Waals surface area contributed by atoms with Crippen molar-refractivity contribution in [1.82, 2.24) is 20.2 Å². The normalized spacial score (nSPS) is 23.6. The maximum atomic E-state index is 10.3. The van der Waals surface area contributed by atoms with E-state index in [1.165, 1.54) is 0 Å². The van der Waals surface area contributed by atoms with Crippen LogP contribution in [0.2, 0.25) is 0 Å². The van der Waals surface area contributed by atoms with Gasteiger partial charge in [-0.3, -0.25) is 14.7 Å². The minimum atomic E-state index is -0.343. The van der Waals surface area contributed by atoms with Crippen LogP contribution in [-0.4, -0.2) is 52.8 Å². The Labute approximate surface area is 115 Å². The number of hydrogen-bond donors (Lipinski definition) is 4. The number of aliphatic imine (C=N–C) groups is 1. The average molecular weight is 282 g/mol. The number of amides is 1. The molecule has 1 aromatic rings. The lowest BCUT2D eigenvalue weighted by Crippen LogP contribution is -2.44. The van der Waals surface area contributed by atoms with Crippen molar-refractivity contribution >= 4 is 18.2 Å². The van der Waals surface area contributed by atoms with Gasteiger partial charge < -0.3 is 20.9 Å². The van der Waals surface area contributed by atoms with Gasteiger partial charge in [0.15, 0.2) is 5.82 Å². The van der Waals surface area contributed by atoms with E-state index in [1.54, 1.807) is 17.8 Å². The predicted octanol–water partition coefficient (Wildman–Crippen LogP) is -1.64. The Hall–Kier alpha value is -1.97. The first-order valence-corrected chi connectivity index (χ1v) is 6.20. The molecule has 1 fully saturated rings. The molecule has 0 radical (unpaired) electrons. The van der Waals surface area contributed by atoms with Crippen molar-refractivity contribution in [2.24, 2.45) is 10.7 Å². The summed E-state index contributed by atoms with van der Waals surface area (Å²) in [6.07, 6.45) is 1.42. The molecule has 0 bridgehead atoms. The summed E-state index contributed by atoms with van der Waals surface area (Å²) < 4.78 is 7.44. The zero-order valence-electron chi connectivity index (χ0n) is 11.1. The molecule has 2 heterocycles. The Morgan fingerprint density at radius 1 is 1.80 bits per heavy atom. The van der Waals surface area contributed by atoms with E-state index in [2.05, 4.69) is 20.6 Å². The Bertz CT molecular complexity index is 500. The Kier molecular flexibility index (Phi) is 4.66. The number of aliphatic hydroxyl groups is 1. The van der Waals surface area contributed by atoms with Crippen molar-refractivity contribution in [2.75, 3.05) is 19.7 Å². The summed E-state index contributed by atoms with van der Waals surface area (Å²) >= 11 is 0. The SMILES string of the molecule is Cc1ncn([C@H]2CNCC(CO)O2)c1/N=C(/N)NC=O. The lowest BCUT2D eigenvalue weighted by Gasteiger charge is -2.30. The topological polar surface area (TPSA) is 127 Å². The number of guanidine groups is 1. The van der Waals surface area contributed by atoms with Gasteiger partial charge in [0, 0.05) is 13.1 Å². The zero-order valence-corrected chi connectivity index (χ0v) is 11.1. The number of hydrogen-bond acceptors (Lipinski definition) is 6. The molecule has 1 aliphatic rings. The molecular formula is C11H18N6O3. The van der Waals surface area contributed by atoms with Gasteiger partial charge in [-0.1, -0.05) is 0 Å². The lowest BCUT2D eigenvalue weighted by molar-refractivity contribution is -0.108. The van der Waals surface area contributed by atoms with Crippen LogP contribution in [0, 0.1) is 6.92 Å². The minimum absolute atomic E-state index is 0.0210. The number of aliphatic hydroxyl groups excluding tert-OH is 1. The van der Waals surface area contributed by atoms with Crippen molar-refractivity contribution in [3.8, 4) is 0 Å². The third kappa shape index (κ3) is 3.13. The maximum Gasteiger partial charge on any atom is 0.213 e. The predicted molar refractivity (Wildman–Crippen MR) is 71.3 cm³/mol. The number of nitrogens with zero attached hydrogens (tertiary/aromatic N) is 3. The maximum absolute atomic E-state index is 10.3. The van der Waals surface area contributed by atoms with E-state index in [1.807, 2.05) is 0 Å². The standard InChI is InChI=1S/C11H18N6O3/c1-7-10(16-11(12)15-6-19)17(5-14-7)9-3-13-2-8(4-18)20-9/h5-6,8-9,13,18H,2-4H2,1H3,(H3,12,15,16,19)/t8?,9-/m1/s1. The van der Waals surface area contributed by atoms with Gasteiger partial charge in [-0.15, -0.1) is 0 Å². The van der Waals surface area contributed by atoms with Gasteiger partial charge in [-0.2, -0.15) is 4.99 Å². The molecular weight excluding hydrogens is 264 g/mol. The van der Waals surface area contributed by atoms with E-state index in [-0.39, 0.29) is 24.9 Å². The van der Waals surface area contributed by atoms with Crippen molar-refractivity contribution in [3.63, 3.8) is 0 Å². The van der Waals surface area contributed by atoms with Crippen LogP contribution < -0.4 is 16.4 Å². The highest BCUT2D eigenvalue weighted by molar-refractivity contribution is 5.89. The number of rotatable bonds is 4.